The number of fused-ring (bicyclic) bond motifs is 6. The van der Waals surface area contributed by atoms with Crippen molar-refractivity contribution in [2.24, 2.45) is 0 Å². The molecule has 0 saturated carbocycles. The van der Waals surface area contributed by atoms with Crippen molar-refractivity contribution < 1.29 is 0 Å². The Balaban J connectivity index is 1.74. The molecule has 128 valence electrons. The molecule has 0 N–H and O–H groups in total. The molecule has 0 amide bonds. The summed E-state index contributed by atoms with van der Waals surface area (Å²) < 4.78 is 5.79. The van der Waals surface area contributed by atoms with Gasteiger partial charge in [-0.3, -0.25) is 8.80 Å². The molecule has 0 aliphatic rings. The number of imidazole rings is 1. The molecular weight excluding hydrogens is 340 g/mol. The lowest BCUT2D eigenvalue weighted by Crippen LogP contribution is -2.03. The third-order valence-corrected chi connectivity index (χ3v) is 4.69. The van der Waals surface area contributed by atoms with Gasteiger partial charge in [0.05, 0.1) is 23.6 Å². The van der Waals surface area contributed by atoms with Gasteiger partial charge in [0.2, 0.25) is 0 Å². The van der Waals surface area contributed by atoms with Crippen LogP contribution in [0.4, 0.5) is 0 Å². The molecule has 0 aliphatic heterocycles. The van der Waals surface area contributed by atoms with Gasteiger partial charge in [-0.25, -0.2) is 9.67 Å². The Morgan fingerprint density at radius 2 is 1.67 bits per heavy atom. The van der Waals surface area contributed by atoms with Crippen molar-refractivity contribution in [2.45, 2.75) is 0 Å². The van der Waals surface area contributed by atoms with Crippen LogP contribution in [0.5, 0.6) is 0 Å². The van der Waals surface area contributed by atoms with Crippen LogP contribution in [0, 0.1) is 0 Å². The van der Waals surface area contributed by atoms with Gasteiger partial charge in [-0.2, -0.15) is 0 Å². The lowest BCUT2D eigenvalue weighted by atomic mass is 10.2. The largest absolute Gasteiger partial charge is 0.284 e. The minimum atomic E-state index is 0.662. The van der Waals surface area contributed by atoms with Crippen molar-refractivity contribution in [1.82, 2.24) is 39.0 Å². The molecule has 0 fully saturated rings. The molecule has 0 spiro atoms. The number of para-hydroxylation sites is 2. The molecule has 8 heteroatoms. The quantitative estimate of drug-likeness (QED) is 0.479. The summed E-state index contributed by atoms with van der Waals surface area (Å²) in [5.41, 5.74) is 4.35. The molecule has 4 aromatic heterocycles. The predicted octanol–water partition coefficient (Wildman–Crippen LogP) is 2.78. The summed E-state index contributed by atoms with van der Waals surface area (Å²) in [4.78, 5) is 4.33. The van der Waals surface area contributed by atoms with Gasteiger partial charge in [-0.05, 0) is 24.3 Å². The van der Waals surface area contributed by atoms with Crippen LogP contribution in [0.15, 0.2) is 73.3 Å². The Bertz CT molecular complexity index is 1420. The fraction of sp³-hybridized carbons (Fsp3) is 0. The maximum atomic E-state index is 4.47. The zero-order chi connectivity index (χ0) is 17.8. The minimum Gasteiger partial charge on any atom is -0.284 e. The van der Waals surface area contributed by atoms with Crippen LogP contribution < -0.4 is 0 Å². The summed E-state index contributed by atoms with van der Waals surface area (Å²) in [5, 5.41) is 18.3. The van der Waals surface area contributed by atoms with Crippen molar-refractivity contribution in [3.8, 4) is 17.2 Å². The highest BCUT2D eigenvalue weighted by Crippen LogP contribution is 2.27. The highest BCUT2D eigenvalue weighted by Gasteiger charge is 2.19. The van der Waals surface area contributed by atoms with Gasteiger partial charge in [-0.15, -0.1) is 15.3 Å². The van der Waals surface area contributed by atoms with Crippen LogP contribution in [0.3, 0.4) is 0 Å². The molecule has 0 unspecified atom stereocenters. The second kappa shape index (κ2) is 5.21. The zero-order valence-electron chi connectivity index (χ0n) is 14.0. The topological polar surface area (TPSA) is 78.2 Å². The third kappa shape index (κ3) is 1.89. The highest BCUT2D eigenvalue weighted by molar-refractivity contribution is 5.94. The Morgan fingerprint density at radius 3 is 2.59 bits per heavy atom. The van der Waals surface area contributed by atoms with Crippen molar-refractivity contribution in [3.05, 3.63) is 73.3 Å². The van der Waals surface area contributed by atoms with Crippen molar-refractivity contribution in [2.75, 3.05) is 0 Å². The van der Waals surface area contributed by atoms with E-state index in [1.165, 1.54) is 0 Å². The van der Waals surface area contributed by atoms with Crippen LogP contribution in [0.2, 0.25) is 0 Å². The average molecular weight is 352 g/mol. The molecule has 0 bridgehead atoms. The Labute approximate surface area is 152 Å². The SMILES string of the molecule is c1ccc(-n2nncc2-c2nnc3c4ccccc4n4cncc4n23)cc1. The number of hydrogen-bond donors (Lipinski definition) is 0. The van der Waals surface area contributed by atoms with Crippen LogP contribution in [-0.2, 0) is 0 Å². The summed E-state index contributed by atoms with van der Waals surface area (Å²) in [5.74, 6) is 0.662. The zero-order valence-corrected chi connectivity index (χ0v) is 14.0. The van der Waals surface area contributed by atoms with E-state index in [1.807, 2.05) is 69.6 Å². The fourth-order valence-electron chi connectivity index (χ4n) is 3.50. The van der Waals surface area contributed by atoms with Crippen molar-refractivity contribution >= 4 is 22.2 Å². The Hall–Kier alpha value is -4.07. The summed E-state index contributed by atoms with van der Waals surface area (Å²) >= 11 is 0. The van der Waals surface area contributed by atoms with Gasteiger partial charge in [-0.1, -0.05) is 35.5 Å². The Kier molecular flexibility index (Phi) is 2.73. The smallest absolute Gasteiger partial charge is 0.190 e. The van der Waals surface area contributed by atoms with Gasteiger partial charge in [0.15, 0.2) is 11.5 Å². The number of rotatable bonds is 2. The first-order valence-electron chi connectivity index (χ1n) is 8.46. The van der Waals surface area contributed by atoms with E-state index in [1.54, 1.807) is 17.2 Å². The molecule has 4 heterocycles. The molecule has 0 atom stereocenters. The molecule has 6 rings (SSSR count). The van der Waals surface area contributed by atoms with E-state index in [2.05, 4.69) is 25.5 Å². The Morgan fingerprint density at radius 1 is 0.815 bits per heavy atom. The maximum Gasteiger partial charge on any atom is 0.190 e. The van der Waals surface area contributed by atoms with Crippen LogP contribution in [0.1, 0.15) is 0 Å². The lowest BCUT2D eigenvalue weighted by molar-refractivity contribution is 0.803. The summed E-state index contributed by atoms with van der Waals surface area (Å²) in [6, 6.07) is 17.9. The first-order valence-corrected chi connectivity index (χ1v) is 8.46. The first-order chi connectivity index (χ1) is 13.4. The minimum absolute atomic E-state index is 0.662. The van der Waals surface area contributed by atoms with E-state index in [4.69, 9.17) is 0 Å². The van der Waals surface area contributed by atoms with Crippen LogP contribution in [-0.4, -0.2) is 39.0 Å². The molecule has 27 heavy (non-hydrogen) atoms. The van der Waals surface area contributed by atoms with Crippen LogP contribution >= 0.6 is 0 Å². The van der Waals surface area contributed by atoms with Gasteiger partial charge >= 0.3 is 0 Å². The number of nitrogens with zero attached hydrogens (tertiary/aromatic N) is 8. The normalized spacial score (nSPS) is 11.7. The van der Waals surface area contributed by atoms with Crippen molar-refractivity contribution in [3.63, 3.8) is 0 Å². The lowest BCUT2D eigenvalue weighted by Gasteiger charge is -2.08. The molecule has 2 aromatic carbocycles. The second-order valence-electron chi connectivity index (χ2n) is 6.19. The standard InChI is InChI=1S/C19H12N8/c1-2-6-13(7-3-1)27-16(10-21-24-27)19-23-22-18-14-8-4-5-9-15(14)25-12-20-11-17(25)26(18)19/h1-12H. The van der Waals surface area contributed by atoms with E-state index in [0.717, 1.165) is 33.6 Å². The molecular formula is C19H12N8. The maximum absolute atomic E-state index is 4.47. The number of hydrogen-bond acceptors (Lipinski definition) is 5. The summed E-state index contributed by atoms with van der Waals surface area (Å²) in [7, 11) is 0. The molecule has 8 nitrogen and oxygen atoms in total. The number of benzene rings is 2. The average Bonchev–Trinajstić information content (AvgIpc) is 3.46. The van der Waals surface area contributed by atoms with Gasteiger partial charge in [0, 0.05) is 5.39 Å². The van der Waals surface area contributed by atoms with Gasteiger partial charge in [0.1, 0.15) is 17.7 Å². The first kappa shape index (κ1) is 14.1. The third-order valence-electron chi connectivity index (χ3n) is 4.69. The molecule has 6 aromatic rings. The second-order valence-corrected chi connectivity index (χ2v) is 6.19. The van der Waals surface area contributed by atoms with Crippen LogP contribution in [0.25, 0.3) is 39.4 Å². The predicted molar refractivity (Wildman–Crippen MR) is 99.6 cm³/mol. The van der Waals surface area contributed by atoms with E-state index >= 15 is 0 Å². The fourth-order valence-corrected chi connectivity index (χ4v) is 3.50. The van der Waals surface area contributed by atoms with E-state index in [0.29, 0.717) is 5.82 Å². The highest BCUT2D eigenvalue weighted by atomic mass is 15.4. The van der Waals surface area contributed by atoms with E-state index in [-0.39, 0.29) is 0 Å². The molecule has 0 saturated heterocycles. The molecule has 0 aliphatic carbocycles. The van der Waals surface area contributed by atoms with E-state index < -0.39 is 0 Å². The van der Waals surface area contributed by atoms with Gasteiger partial charge < -0.3 is 0 Å². The summed E-state index contributed by atoms with van der Waals surface area (Å²) in [6.45, 7) is 0. The van der Waals surface area contributed by atoms with E-state index in [9.17, 15) is 0 Å². The van der Waals surface area contributed by atoms with Crippen molar-refractivity contribution in [1.29, 1.82) is 0 Å². The monoisotopic (exact) mass is 352 g/mol. The number of aromatic nitrogens is 8. The summed E-state index contributed by atoms with van der Waals surface area (Å²) in [6.07, 6.45) is 5.31. The van der Waals surface area contributed by atoms with Gasteiger partial charge in [0.25, 0.3) is 0 Å². The molecule has 0 radical (unpaired) electrons.